The molecule has 1 saturated heterocycles. The van der Waals surface area contributed by atoms with Crippen LogP contribution in [-0.4, -0.2) is 30.1 Å². The number of oxazole rings is 1. The van der Waals surface area contributed by atoms with E-state index in [4.69, 9.17) is 20.8 Å². The third kappa shape index (κ3) is 3.89. The maximum absolute atomic E-state index is 12.3. The smallest absolute Gasteiger partial charge is 0.251 e. The molecule has 6 heteroatoms. The zero-order chi connectivity index (χ0) is 17.9. The molecule has 1 unspecified atom stereocenters. The summed E-state index contributed by atoms with van der Waals surface area (Å²) in [6.07, 6.45) is 2.76. The van der Waals surface area contributed by atoms with Gasteiger partial charge in [0.2, 0.25) is 0 Å². The van der Waals surface area contributed by atoms with E-state index in [0.29, 0.717) is 40.5 Å². The van der Waals surface area contributed by atoms with Gasteiger partial charge in [-0.3, -0.25) is 4.79 Å². The molecule has 1 aromatic heterocycles. The number of carbonyl (C=O) groups excluding carboxylic acids is 1. The number of hydrogen-bond donors (Lipinski definition) is 1. The van der Waals surface area contributed by atoms with Gasteiger partial charge in [0, 0.05) is 30.2 Å². The van der Waals surface area contributed by atoms with Gasteiger partial charge in [0.15, 0.2) is 11.5 Å². The molecule has 5 nitrogen and oxygen atoms in total. The number of carbonyl (C=O) groups is 1. The normalized spacial score (nSPS) is 16.9. The topological polar surface area (TPSA) is 64.4 Å². The van der Waals surface area contributed by atoms with Crippen molar-refractivity contribution in [2.75, 3.05) is 13.2 Å². The van der Waals surface area contributed by atoms with Crippen molar-refractivity contribution in [2.45, 2.75) is 25.4 Å². The second-order valence-electron chi connectivity index (χ2n) is 6.44. The maximum atomic E-state index is 12.3. The third-order valence-corrected chi connectivity index (χ3v) is 4.73. The van der Waals surface area contributed by atoms with E-state index in [0.717, 1.165) is 25.0 Å². The highest BCUT2D eigenvalue weighted by atomic mass is 35.5. The zero-order valence-corrected chi connectivity index (χ0v) is 15.0. The molecule has 2 heterocycles. The summed E-state index contributed by atoms with van der Waals surface area (Å²) in [5.41, 5.74) is 2.99. The minimum absolute atomic E-state index is 0.121. The average molecular weight is 371 g/mol. The van der Waals surface area contributed by atoms with Crippen LogP contribution in [0.4, 0.5) is 0 Å². The van der Waals surface area contributed by atoms with E-state index in [1.165, 1.54) is 0 Å². The summed E-state index contributed by atoms with van der Waals surface area (Å²) in [6.45, 7) is 1.32. The van der Waals surface area contributed by atoms with Crippen LogP contribution in [0.25, 0.3) is 11.1 Å². The fourth-order valence-corrected chi connectivity index (χ4v) is 3.21. The van der Waals surface area contributed by atoms with Gasteiger partial charge in [-0.05, 0) is 48.7 Å². The molecule has 4 rings (SSSR count). The molecule has 0 bridgehead atoms. The first-order chi connectivity index (χ1) is 12.7. The Morgan fingerprint density at radius 3 is 2.85 bits per heavy atom. The van der Waals surface area contributed by atoms with Gasteiger partial charge in [-0.15, -0.1) is 0 Å². The van der Waals surface area contributed by atoms with E-state index in [1.807, 2.05) is 24.3 Å². The van der Waals surface area contributed by atoms with Crippen molar-refractivity contribution in [3.05, 3.63) is 64.5 Å². The molecule has 1 aliphatic rings. The van der Waals surface area contributed by atoms with Gasteiger partial charge in [0.1, 0.15) is 5.52 Å². The number of halogens is 1. The molecular weight excluding hydrogens is 352 g/mol. The SMILES string of the molecule is O=C(NCC1CCCO1)c1ccc2oc(Cc3ccc(Cl)cc3)nc2c1. The quantitative estimate of drug-likeness (QED) is 0.737. The average Bonchev–Trinajstić information content (AvgIpc) is 3.30. The Kier molecular flexibility index (Phi) is 4.91. The molecule has 3 aromatic rings. The lowest BCUT2D eigenvalue weighted by atomic mass is 10.1. The first-order valence-electron chi connectivity index (χ1n) is 8.71. The molecule has 1 amide bonds. The molecule has 26 heavy (non-hydrogen) atoms. The molecule has 1 N–H and O–H groups in total. The first-order valence-corrected chi connectivity index (χ1v) is 9.09. The number of fused-ring (bicyclic) bond motifs is 1. The lowest BCUT2D eigenvalue weighted by molar-refractivity contribution is 0.0858. The molecule has 0 spiro atoms. The van der Waals surface area contributed by atoms with Crippen LogP contribution in [0.3, 0.4) is 0 Å². The lowest BCUT2D eigenvalue weighted by Crippen LogP contribution is -2.31. The molecule has 1 fully saturated rings. The van der Waals surface area contributed by atoms with Crippen LogP contribution in [-0.2, 0) is 11.2 Å². The summed E-state index contributed by atoms with van der Waals surface area (Å²) < 4.78 is 11.3. The number of ether oxygens (including phenoxy) is 1. The van der Waals surface area contributed by atoms with Crippen LogP contribution < -0.4 is 5.32 Å². The number of rotatable bonds is 5. The van der Waals surface area contributed by atoms with Crippen molar-refractivity contribution in [3.8, 4) is 0 Å². The predicted molar refractivity (Wildman–Crippen MR) is 99.6 cm³/mol. The van der Waals surface area contributed by atoms with Crippen molar-refractivity contribution >= 4 is 28.6 Å². The highest BCUT2D eigenvalue weighted by Crippen LogP contribution is 2.20. The van der Waals surface area contributed by atoms with Crippen LogP contribution in [0.2, 0.25) is 5.02 Å². The Morgan fingerprint density at radius 1 is 1.23 bits per heavy atom. The predicted octanol–water partition coefficient (Wildman–Crippen LogP) is 3.98. The highest BCUT2D eigenvalue weighted by molar-refractivity contribution is 6.30. The van der Waals surface area contributed by atoms with Crippen LogP contribution in [0.15, 0.2) is 46.9 Å². The Balaban J connectivity index is 1.46. The number of benzene rings is 2. The molecule has 1 aliphatic heterocycles. The van der Waals surface area contributed by atoms with Crippen molar-refractivity contribution in [1.29, 1.82) is 0 Å². The maximum Gasteiger partial charge on any atom is 0.251 e. The van der Waals surface area contributed by atoms with Gasteiger partial charge in [-0.1, -0.05) is 23.7 Å². The van der Waals surface area contributed by atoms with Crippen molar-refractivity contribution < 1.29 is 13.9 Å². The number of aromatic nitrogens is 1. The number of amides is 1. The highest BCUT2D eigenvalue weighted by Gasteiger charge is 2.17. The lowest BCUT2D eigenvalue weighted by Gasteiger charge is -2.10. The van der Waals surface area contributed by atoms with Gasteiger partial charge >= 0.3 is 0 Å². The van der Waals surface area contributed by atoms with Gasteiger partial charge < -0.3 is 14.5 Å². The van der Waals surface area contributed by atoms with Gasteiger partial charge in [0.05, 0.1) is 6.10 Å². The van der Waals surface area contributed by atoms with Crippen LogP contribution in [0.5, 0.6) is 0 Å². The number of nitrogens with one attached hydrogen (secondary N) is 1. The summed E-state index contributed by atoms with van der Waals surface area (Å²) >= 11 is 5.91. The Labute approximate surface area is 156 Å². The molecule has 0 radical (unpaired) electrons. The summed E-state index contributed by atoms with van der Waals surface area (Å²) in [5.74, 6) is 0.490. The first kappa shape index (κ1) is 17.1. The zero-order valence-electron chi connectivity index (χ0n) is 14.2. The minimum atomic E-state index is -0.121. The van der Waals surface area contributed by atoms with Crippen molar-refractivity contribution in [1.82, 2.24) is 10.3 Å². The monoisotopic (exact) mass is 370 g/mol. The molecule has 0 aliphatic carbocycles. The fraction of sp³-hybridized carbons (Fsp3) is 0.300. The third-order valence-electron chi connectivity index (χ3n) is 4.48. The Bertz CT molecular complexity index is 914. The Morgan fingerprint density at radius 2 is 2.08 bits per heavy atom. The van der Waals surface area contributed by atoms with Gasteiger partial charge in [-0.25, -0.2) is 4.98 Å². The summed E-state index contributed by atoms with van der Waals surface area (Å²) in [7, 11) is 0. The van der Waals surface area contributed by atoms with Gasteiger partial charge in [-0.2, -0.15) is 0 Å². The fourth-order valence-electron chi connectivity index (χ4n) is 3.08. The summed E-state index contributed by atoms with van der Waals surface area (Å²) in [4.78, 5) is 16.8. The Hall–Kier alpha value is -2.37. The van der Waals surface area contributed by atoms with E-state index in [1.54, 1.807) is 18.2 Å². The number of hydrogen-bond acceptors (Lipinski definition) is 4. The molecule has 134 valence electrons. The largest absolute Gasteiger partial charge is 0.440 e. The molecular formula is C20H19ClN2O3. The van der Waals surface area contributed by atoms with E-state index in [9.17, 15) is 4.79 Å². The van der Waals surface area contributed by atoms with Gasteiger partial charge in [0.25, 0.3) is 5.91 Å². The molecule has 2 aromatic carbocycles. The minimum Gasteiger partial charge on any atom is -0.440 e. The standard InChI is InChI=1S/C20H19ClN2O3/c21-15-6-3-13(4-7-15)10-19-23-17-11-14(5-8-18(17)26-19)20(24)22-12-16-2-1-9-25-16/h3-8,11,16H,1-2,9-10,12H2,(H,22,24). The second kappa shape index (κ2) is 7.48. The molecule has 1 atom stereocenters. The van der Waals surface area contributed by atoms with Crippen LogP contribution in [0, 0.1) is 0 Å². The van der Waals surface area contributed by atoms with E-state index >= 15 is 0 Å². The number of nitrogens with zero attached hydrogens (tertiary/aromatic N) is 1. The van der Waals surface area contributed by atoms with E-state index in [2.05, 4.69) is 10.3 Å². The second-order valence-corrected chi connectivity index (χ2v) is 6.87. The van der Waals surface area contributed by atoms with Crippen LogP contribution in [0.1, 0.15) is 34.7 Å². The van der Waals surface area contributed by atoms with Crippen molar-refractivity contribution in [3.63, 3.8) is 0 Å². The van der Waals surface area contributed by atoms with E-state index in [-0.39, 0.29) is 12.0 Å². The van der Waals surface area contributed by atoms with Crippen LogP contribution >= 0.6 is 11.6 Å². The van der Waals surface area contributed by atoms with E-state index < -0.39 is 0 Å². The summed E-state index contributed by atoms with van der Waals surface area (Å²) in [5, 5.41) is 3.62. The summed E-state index contributed by atoms with van der Waals surface area (Å²) in [6, 6.07) is 12.9. The van der Waals surface area contributed by atoms with Crippen molar-refractivity contribution in [2.24, 2.45) is 0 Å². The molecule has 0 saturated carbocycles.